The summed E-state index contributed by atoms with van der Waals surface area (Å²) in [5.41, 5.74) is 4.30. The van der Waals surface area contributed by atoms with Gasteiger partial charge in [0.1, 0.15) is 0 Å². The molecule has 0 bridgehead atoms. The zero-order chi connectivity index (χ0) is 13.4. The van der Waals surface area contributed by atoms with Crippen LogP contribution in [0.15, 0.2) is 31.8 Å². The van der Waals surface area contributed by atoms with Gasteiger partial charge in [-0.3, -0.25) is 4.79 Å². The van der Waals surface area contributed by atoms with Crippen LogP contribution in [-0.2, 0) is 12.8 Å². The molecule has 0 fully saturated rings. The van der Waals surface area contributed by atoms with E-state index in [1.54, 1.807) is 0 Å². The van der Waals surface area contributed by atoms with Gasteiger partial charge in [0.15, 0.2) is 5.78 Å². The van der Waals surface area contributed by atoms with Crippen molar-refractivity contribution in [3.63, 3.8) is 0 Å². The molecule has 0 atom stereocenters. The van der Waals surface area contributed by atoms with Crippen LogP contribution in [0.5, 0.6) is 0 Å². The first-order chi connectivity index (χ1) is 9.15. The molecule has 1 aromatic heterocycles. The number of carbonyl (C=O) groups is 1. The van der Waals surface area contributed by atoms with Gasteiger partial charge in [-0.25, -0.2) is 0 Å². The van der Waals surface area contributed by atoms with Crippen LogP contribution in [-0.4, -0.2) is 5.78 Å². The van der Waals surface area contributed by atoms with Crippen LogP contribution >= 0.6 is 43.2 Å². The Bertz CT molecular complexity index is 646. The maximum Gasteiger partial charge on any atom is 0.195 e. The van der Waals surface area contributed by atoms with Crippen LogP contribution in [0.4, 0.5) is 0 Å². The number of carbonyl (C=O) groups excluding carboxylic acids is 1. The first-order valence-electron chi connectivity index (χ1n) is 6.26. The molecule has 0 aliphatic heterocycles. The van der Waals surface area contributed by atoms with E-state index in [0.717, 1.165) is 31.5 Å². The van der Waals surface area contributed by atoms with E-state index in [1.807, 2.05) is 12.1 Å². The largest absolute Gasteiger partial charge is 0.289 e. The summed E-state index contributed by atoms with van der Waals surface area (Å²) in [6.07, 6.45) is 4.75. The summed E-state index contributed by atoms with van der Waals surface area (Å²) in [5.74, 6) is 0.0993. The van der Waals surface area contributed by atoms with E-state index in [4.69, 9.17) is 0 Å². The van der Waals surface area contributed by atoms with E-state index in [9.17, 15) is 4.79 Å². The second-order valence-corrected chi connectivity index (χ2v) is 8.51. The summed E-state index contributed by atoms with van der Waals surface area (Å²) in [6, 6.07) is 8.05. The van der Waals surface area contributed by atoms with Crippen molar-refractivity contribution in [2.24, 2.45) is 0 Å². The van der Waals surface area contributed by atoms with Gasteiger partial charge in [-0.05, 0) is 80.8 Å². The van der Waals surface area contributed by atoms with Gasteiger partial charge in [0.05, 0.1) is 7.57 Å². The van der Waals surface area contributed by atoms with Gasteiger partial charge in [0, 0.05) is 11.1 Å². The first kappa shape index (κ1) is 13.5. The Kier molecular flexibility index (Phi) is 3.92. The maximum absolute atomic E-state index is 12.5. The highest BCUT2D eigenvalue weighted by atomic mass is 79.9. The molecule has 1 aliphatic carbocycles. The molecular weight excluding hydrogens is 388 g/mol. The average Bonchev–Trinajstić information content (AvgIpc) is 2.76. The number of benzene rings is 1. The number of hydrogen-bond acceptors (Lipinski definition) is 2. The van der Waals surface area contributed by atoms with Crippen LogP contribution in [0.1, 0.15) is 39.9 Å². The Morgan fingerprint density at radius 2 is 1.79 bits per heavy atom. The minimum atomic E-state index is 0.0993. The van der Waals surface area contributed by atoms with Crippen LogP contribution in [0.2, 0.25) is 0 Å². The Morgan fingerprint density at radius 1 is 1.05 bits per heavy atom. The van der Waals surface area contributed by atoms with E-state index in [2.05, 4.69) is 44.0 Å². The Morgan fingerprint density at radius 3 is 2.47 bits per heavy atom. The number of rotatable bonds is 2. The quantitative estimate of drug-likeness (QED) is 0.619. The monoisotopic (exact) mass is 398 g/mol. The van der Waals surface area contributed by atoms with E-state index in [-0.39, 0.29) is 5.78 Å². The van der Waals surface area contributed by atoms with Crippen molar-refractivity contribution in [3.05, 3.63) is 54.1 Å². The van der Waals surface area contributed by atoms with Crippen molar-refractivity contribution in [3.8, 4) is 0 Å². The Balaban J connectivity index is 1.98. The summed E-state index contributed by atoms with van der Waals surface area (Å²) in [6.45, 7) is 0. The molecule has 1 aromatic carbocycles. The fourth-order valence-electron chi connectivity index (χ4n) is 2.53. The molecule has 4 heteroatoms. The number of halogens is 2. The average molecular weight is 400 g/mol. The number of hydrogen-bond donors (Lipinski definition) is 0. The van der Waals surface area contributed by atoms with Crippen molar-refractivity contribution in [2.75, 3.05) is 0 Å². The standard InChI is InChI=1S/C15H12Br2OS/c16-13-8-12(15(17)19-13)14(18)11-6-5-9-3-1-2-4-10(9)7-11/h5-8H,1-4H2. The van der Waals surface area contributed by atoms with Crippen molar-refractivity contribution < 1.29 is 4.79 Å². The van der Waals surface area contributed by atoms with E-state index in [1.165, 1.54) is 35.3 Å². The molecule has 0 N–H and O–H groups in total. The van der Waals surface area contributed by atoms with Crippen molar-refractivity contribution in [2.45, 2.75) is 25.7 Å². The lowest BCUT2D eigenvalue weighted by Gasteiger charge is -2.16. The molecular formula is C15H12Br2OS. The van der Waals surface area contributed by atoms with Gasteiger partial charge in [0.25, 0.3) is 0 Å². The van der Waals surface area contributed by atoms with E-state index >= 15 is 0 Å². The molecule has 2 aromatic rings. The highest BCUT2D eigenvalue weighted by molar-refractivity contribution is 9.12. The summed E-state index contributed by atoms with van der Waals surface area (Å²) in [5, 5.41) is 0. The SMILES string of the molecule is O=C(c1ccc2c(c1)CCCC2)c1cc(Br)sc1Br. The minimum Gasteiger partial charge on any atom is -0.289 e. The first-order valence-corrected chi connectivity index (χ1v) is 8.67. The zero-order valence-corrected chi connectivity index (χ0v) is 14.2. The van der Waals surface area contributed by atoms with Gasteiger partial charge < -0.3 is 0 Å². The van der Waals surface area contributed by atoms with Gasteiger partial charge in [0.2, 0.25) is 0 Å². The lowest BCUT2D eigenvalue weighted by Crippen LogP contribution is -2.06. The Hall–Kier alpha value is -0.450. The molecule has 1 aliphatic rings. The normalized spacial score (nSPS) is 14.2. The van der Waals surface area contributed by atoms with E-state index < -0.39 is 0 Å². The predicted octanol–water partition coefficient (Wildman–Crippen LogP) is 5.38. The number of thiophene rings is 1. The third kappa shape index (κ3) is 2.71. The molecule has 0 unspecified atom stereocenters. The number of aryl methyl sites for hydroxylation is 2. The van der Waals surface area contributed by atoms with Crippen molar-refractivity contribution in [1.29, 1.82) is 0 Å². The van der Waals surface area contributed by atoms with Gasteiger partial charge in [-0.15, -0.1) is 11.3 Å². The summed E-state index contributed by atoms with van der Waals surface area (Å²) in [7, 11) is 0. The number of fused-ring (bicyclic) bond motifs is 1. The van der Waals surface area contributed by atoms with Gasteiger partial charge in [-0.1, -0.05) is 12.1 Å². The molecule has 0 saturated carbocycles. The second kappa shape index (κ2) is 5.51. The lowest BCUT2D eigenvalue weighted by molar-refractivity contribution is 0.103. The molecule has 19 heavy (non-hydrogen) atoms. The van der Waals surface area contributed by atoms with Crippen LogP contribution in [0, 0.1) is 0 Å². The molecule has 98 valence electrons. The molecule has 0 radical (unpaired) electrons. The molecule has 1 heterocycles. The lowest BCUT2D eigenvalue weighted by atomic mass is 9.89. The van der Waals surface area contributed by atoms with E-state index in [0.29, 0.717) is 0 Å². The predicted molar refractivity (Wildman–Crippen MR) is 86.2 cm³/mol. The van der Waals surface area contributed by atoms with Gasteiger partial charge >= 0.3 is 0 Å². The number of ketones is 1. The summed E-state index contributed by atoms with van der Waals surface area (Å²) >= 11 is 8.41. The zero-order valence-electron chi connectivity index (χ0n) is 10.2. The van der Waals surface area contributed by atoms with Crippen LogP contribution in [0.25, 0.3) is 0 Å². The fourth-order valence-corrected chi connectivity index (χ4v) is 5.32. The second-order valence-electron chi connectivity index (χ2n) is 4.76. The van der Waals surface area contributed by atoms with Crippen molar-refractivity contribution in [1.82, 2.24) is 0 Å². The highest BCUT2D eigenvalue weighted by Gasteiger charge is 2.18. The fraction of sp³-hybridized carbons (Fsp3) is 0.267. The summed E-state index contributed by atoms with van der Waals surface area (Å²) in [4.78, 5) is 12.5. The smallest absolute Gasteiger partial charge is 0.195 e. The summed E-state index contributed by atoms with van der Waals surface area (Å²) < 4.78 is 1.86. The molecule has 3 rings (SSSR count). The maximum atomic E-state index is 12.5. The van der Waals surface area contributed by atoms with Crippen LogP contribution in [0.3, 0.4) is 0 Å². The minimum absolute atomic E-state index is 0.0993. The highest BCUT2D eigenvalue weighted by Crippen LogP contribution is 2.33. The third-order valence-electron chi connectivity index (χ3n) is 3.51. The third-order valence-corrected chi connectivity index (χ3v) is 5.85. The van der Waals surface area contributed by atoms with Gasteiger partial charge in [-0.2, -0.15) is 0 Å². The van der Waals surface area contributed by atoms with Crippen LogP contribution < -0.4 is 0 Å². The molecule has 1 nitrogen and oxygen atoms in total. The molecule has 0 saturated heterocycles. The topological polar surface area (TPSA) is 17.1 Å². The molecule has 0 spiro atoms. The Labute approximate surface area is 133 Å². The molecule has 0 amide bonds. The van der Waals surface area contributed by atoms with Crippen molar-refractivity contribution >= 4 is 49.0 Å².